The highest BCUT2D eigenvalue weighted by Gasteiger charge is 2.17. The fourth-order valence-electron chi connectivity index (χ4n) is 1.28. The summed E-state index contributed by atoms with van der Waals surface area (Å²) in [6, 6.07) is 8.62. The molecule has 1 aromatic carbocycles. The molecule has 0 aromatic heterocycles. The topological polar surface area (TPSA) is 49.3 Å². The fraction of sp³-hybridized carbons (Fsp3) is 0.364. The third kappa shape index (κ3) is 2.85. The Bertz CT molecular complexity index is 285. The number of aliphatic carboxylic acids is 1. The number of carbonyl (C=O) groups is 1. The Morgan fingerprint density at radius 2 is 2.07 bits per heavy atom. The van der Waals surface area contributed by atoms with Crippen molar-refractivity contribution >= 4 is 5.97 Å². The number of rotatable bonds is 5. The van der Waals surface area contributed by atoms with E-state index < -0.39 is 12.0 Å². The largest absolute Gasteiger partial charge is 0.480 e. The van der Waals surface area contributed by atoms with E-state index in [9.17, 15) is 4.79 Å². The van der Waals surface area contributed by atoms with Gasteiger partial charge in [0, 0.05) is 0 Å². The zero-order valence-electron chi connectivity index (χ0n) is 8.23. The molecule has 0 aliphatic heterocycles. The molecule has 3 nitrogen and oxygen atoms in total. The van der Waals surface area contributed by atoms with E-state index in [1.807, 2.05) is 37.3 Å². The number of hydrogen-bond donors (Lipinski definition) is 2. The molecule has 0 fully saturated rings. The van der Waals surface area contributed by atoms with Crippen LogP contribution in [0.25, 0.3) is 0 Å². The molecule has 0 aliphatic rings. The molecular weight excluding hydrogens is 178 g/mol. The second-order valence-corrected chi connectivity index (χ2v) is 3.14. The molecule has 0 bridgehead atoms. The van der Waals surface area contributed by atoms with Crippen LogP contribution >= 0.6 is 0 Å². The predicted molar refractivity (Wildman–Crippen MR) is 55.1 cm³/mol. The summed E-state index contributed by atoms with van der Waals surface area (Å²) in [5, 5.41) is 12.0. The second kappa shape index (κ2) is 5.40. The molecule has 0 heterocycles. The molecule has 0 spiro atoms. The highest BCUT2D eigenvalue weighted by molar-refractivity contribution is 5.75. The SMILES string of the molecule is CCCNC(C(=O)O)c1ccccc1. The number of hydrogen-bond acceptors (Lipinski definition) is 2. The lowest BCUT2D eigenvalue weighted by atomic mass is 10.1. The molecule has 0 radical (unpaired) electrons. The first kappa shape index (κ1) is 10.7. The van der Waals surface area contributed by atoms with Gasteiger partial charge < -0.3 is 10.4 Å². The molecule has 0 saturated heterocycles. The van der Waals surface area contributed by atoms with Crippen molar-refractivity contribution in [2.45, 2.75) is 19.4 Å². The summed E-state index contributed by atoms with van der Waals surface area (Å²) in [5.74, 6) is -0.829. The highest BCUT2D eigenvalue weighted by atomic mass is 16.4. The van der Waals surface area contributed by atoms with Crippen molar-refractivity contribution in [1.29, 1.82) is 0 Å². The Morgan fingerprint density at radius 1 is 1.43 bits per heavy atom. The van der Waals surface area contributed by atoms with Gasteiger partial charge in [-0.2, -0.15) is 0 Å². The van der Waals surface area contributed by atoms with Crippen LogP contribution in [0.15, 0.2) is 30.3 Å². The van der Waals surface area contributed by atoms with Crippen molar-refractivity contribution in [3.05, 3.63) is 35.9 Å². The molecule has 1 atom stereocenters. The van der Waals surface area contributed by atoms with Gasteiger partial charge >= 0.3 is 5.97 Å². The zero-order valence-corrected chi connectivity index (χ0v) is 8.23. The zero-order chi connectivity index (χ0) is 10.4. The standard InChI is InChI=1S/C11H15NO2/c1-2-8-12-10(11(13)14)9-6-4-3-5-7-9/h3-7,10,12H,2,8H2,1H3,(H,13,14). The summed E-state index contributed by atoms with van der Waals surface area (Å²) in [7, 11) is 0. The first-order valence-electron chi connectivity index (χ1n) is 4.77. The molecule has 14 heavy (non-hydrogen) atoms. The van der Waals surface area contributed by atoms with E-state index in [0.29, 0.717) is 6.54 Å². The van der Waals surface area contributed by atoms with Gasteiger partial charge in [0.1, 0.15) is 6.04 Å². The van der Waals surface area contributed by atoms with Crippen molar-refractivity contribution in [2.24, 2.45) is 0 Å². The van der Waals surface area contributed by atoms with E-state index in [1.54, 1.807) is 0 Å². The minimum absolute atomic E-state index is 0.587. The van der Waals surface area contributed by atoms with Crippen molar-refractivity contribution in [3.63, 3.8) is 0 Å². The van der Waals surface area contributed by atoms with E-state index in [0.717, 1.165) is 12.0 Å². The average molecular weight is 193 g/mol. The van der Waals surface area contributed by atoms with Crippen molar-refractivity contribution < 1.29 is 9.90 Å². The summed E-state index contributed by atoms with van der Waals surface area (Å²) >= 11 is 0. The van der Waals surface area contributed by atoms with Gasteiger partial charge in [-0.1, -0.05) is 37.3 Å². The maximum Gasteiger partial charge on any atom is 0.325 e. The molecule has 0 aliphatic carbocycles. The Balaban J connectivity index is 2.73. The van der Waals surface area contributed by atoms with Gasteiger partial charge in [0.25, 0.3) is 0 Å². The van der Waals surface area contributed by atoms with E-state index in [4.69, 9.17) is 5.11 Å². The van der Waals surface area contributed by atoms with Gasteiger partial charge in [-0.3, -0.25) is 4.79 Å². The summed E-state index contributed by atoms with van der Waals surface area (Å²) in [4.78, 5) is 10.9. The molecule has 0 amide bonds. The van der Waals surface area contributed by atoms with Crippen LogP contribution in [0, 0.1) is 0 Å². The Labute approximate surface area is 83.8 Å². The molecular formula is C11H15NO2. The van der Waals surface area contributed by atoms with E-state index in [1.165, 1.54) is 0 Å². The van der Waals surface area contributed by atoms with Gasteiger partial charge in [-0.15, -0.1) is 0 Å². The lowest BCUT2D eigenvalue weighted by Crippen LogP contribution is -2.28. The smallest absolute Gasteiger partial charge is 0.325 e. The third-order valence-corrected chi connectivity index (χ3v) is 1.98. The van der Waals surface area contributed by atoms with Crippen molar-refractivity contribution in [2.75, 3.05) is 6.54 Å². The fourth-order valence-corrected chi connectivity index (χ4v) is 1.28. The molecule has 1 rings (SSSR count). The quantitative estimate of drug-likeness (QED) is 0.749. The van der Waals surface area contributed by atoms with Gasteiger partial charge in [0.15, 0.2) is 0 Å². The van der Waals surface area contributed by atoms with E-state index in [2.05, 4.69) is 5.32 Å². The third-order valence-electron chi connectivity index (χ3n) is 1.98. The summed E-state index contributed by atoms with van der Waals surface area (Å²) in [6.45, 7) is 2.72. The second-order valence-electron chi connectivity index (χ2n) is 3.14. The summed E-state index contributed by atoms with van der Waals surface area (Å²) in [6.07, 6.45) is 0.927. The highest BCUT2D eigenvalue weighted by Crippen LogP contribution is 2.12. The van der Waals surface area contributed by atoms with Gasteiger partial charge in [-0.25, -0.2) is 0 Å². The van der Waals surface area contributed by atoms with Gasteiger partial charge in [-0.05, 0) is 18.5 Å². The van der Waals surface area contributed by atoms with Crippen LogP contribution in [-0.2, 0) is 4.79 Å². The van der Waals surface area contributed by atoms with Gasteiger partial charge in [0.2, 0.25) is 0 Å². The van der Waals surface area contributed by atoms with E-state index in [-0.39, 0.29) is 0 Å². The number of carboxylic acids is 1. The predicted octanol–water partition coefficient (Wildman–Crippen LogP) is 1.81. The van der Waals surface area contributed by atoms with Crippen molar-refractivity contribution in [3.8, 4) is 0 Å². The molecule has 76 valence electrons. The Hall–Kier alpha value is -1.35. The van der Waals surface area contributed by atoms with Crippen LogP contribution in [-0.4, -0.2) is 17.6 Å². The van der Waals surface area contributed by atoms with Crippen LogP contribution in [0.1, 0.15) is 24.9 Å². The lowest BCUT2D eigenvalue weighted by Gasteiger charge is -2.13. The molecule has 0 saturated carbocycles. The van der Waals surface area contributed by atoms with Crippen LogP contribution in [0.5, 0.6) is 0 Å². The number of carboxylic acid groups (broad SMARTS) is 1. The minimum Gasteiger partial charge on any atom is -0.480 e. The lowest BCUT2D eigenvalue weighted by molar-refractivity contribution is -0.139. The van der Waals surface area contributed by atoms with Crippen molar-refractivity contribution in [1.82, 2.24) is 5.32 Å². The Kier molecular flexibility index (Phi) is 4.13. The summed E-state index contributed by atoms with van der Waals surface area (Å²) < 4.78 is 0. The first-order chi connectivity index (χ1) is 6.75. The maximum atomic E-state index is 10.9. The van der Waals surface area contributed by atoms with Crippen LogP contribution in [0.2, 0.25) is 0 Å². The Morgan fingerprint density at radius 3 is 2.57 bits per heavy atom. The van der Waals surface area contributed by atoms with Crippen LogP contribution < -0.4 is 5.32 Å². The first-order valence-corrected chi connectivity index (χ1v) is 4.77. The van der Waals surface area contributed by atoms with E-state index >= 15 is 0 Å². The normalized spacial score (nSPS) is 12.4. The average Bonchev–Trinajstić information content (AvgIpc) is 2.19. The molecule has 1 aromatic rings. The maximum absolute atomic E-state index is 10.9. The number of benzene rings is 1. The molecule has 2 N–H and O–H groups in total. The molecule has 1 unspecified atom stereocenters. The molecule has 3 heteroatoms. The monoisotopic (exact) mass is 193 g/mol. The van der Waals surface area contributed by atoms with Gasteiger partial charge in [0.05, 0.1) is 0 Å². The number of nitrogens with one attached hydrogen (secondary N) is 1. The summed E-state index contributed by atoms with van der Waals surface area (Å²) in [5.41, 5.74) is 0.799. The minimum atomic E-state index is -0.829. The van der Waals surface area contributed by atoms with Crippen LogP contribution in [0.3, 0.4) is 0 Å². The van der Waals surface area contributed by atoms with Crippen LogP contribution in [0.4, 0.5) is 0 Å².